The van der Waals surface area contributed by atoms with Gasteiger partial charge >= 0.3 is 0 Å². The molecular formula is C12H20ClN3. The van der Waals surface area contributed by atoms with Crippen molar-refractivity contribution in [2.45, 2.75) is 25.8 Å². The van der Waals surface area contributed by atoms with Crippen LogP contribution >= 0.6 is 12.4 Å². The van der Waals surface area contributed by atoms with Crippen molar-refractivity contribution in [1.82, 2.24) is 10.3 Å². The summed E-state index contributed by atoms with van der Waals surface area (Å²) in [6.45, 7) is 4.34. The van der Waals surface area contributed by atoms with Crippen molar-refractivity contribution in [3.63, 3.8) is 0 Å². The van der Waals surface area contributed by atoms with Crippen molar-refractivity contribution in [2.24, 2.45) is 0 Å². The number of aromatic nitrogens is 1. The molecule has 0 atom stereocenters. The summed E-state index contributed by atoms with van der Waals surface area (Å²) in [5.74, 6) is 1.13. The summed E-state index contributed by atoms with van der Waals surface area (Å²) < 4.78 is 0. The van der Waals surface area contributed by atoms with Gasteiger partial charge in [-0.1, -0.05) is 0 Å². The van der Waals surface area contributed by atoms with E-state index in [1.165, 1.54) is 18.4 Å². The van der Waals surface area contributed by atoms with Crippen LogP contribution in [0.5, 0.6) is 0 Å². The maximum atomic E-state index is 4.42. The van der Waals surface area contributed by atoms with Gasteiger partial charge in [0.15, 0.2) is 0 Å². The zero-order valence-corrected chi connectivity index (χ0v) is 10.8. The summed E-state index contributed by atoms with van der Waals surface area (Å²) in [4.78, 5) is 6.80. The van der Waals surface area contributed by atoms with Crippen molar-refractivity contribution < 1.29 is 0 Å². The van der Waals surface area contributed by atoms with Gasteiger partial charge in [-0.05, 0) is 44.5 Å². The number of pyridine rings is 1. The standard InChI is InChI=1S/C12H19N3.ClH/c1-10-3-6-14-12(9-10)15-7-4-11(13-2)5-8-15;/h3,6,9,11,13H,4-5,7-8H2,1-2H3;1H. The highest BCUT2D eigenvalue weighted by atomic mass is 35.5. The first-order valence-electron chi connectivity index (χ1n) is 5.64. The van der Waals surface area contributed by atoms with Gasteiger partial charge < -0.3 is 10.2 Å². The van der Waals surface area contributed by atoms with Crippen LogP contribution in [-0.4, -0.2) is 31.2 Å². The first kappa shape index (κ1) is 13.3. The molecule has 16 heavy (non-hydrogen) atoms. The number of hydrogen-bond acceptors (Lipinski definition) is 3. The van der Waals surface area contributed by atoms with Crippen LogP contribution in [0.2, 0.25) is 0 Å². The van der Waals surface area contributed by atoms with E-state index in [1.807, 2.05) is 19.3 Å². The van der Waals surface area contributed by atoms with Crippen molar-refractivity contribution in [3.05, 3.63) is 23.9 Å². The Balaban J connectivity index is 0.00000128. The first-order chi connectivity index (χ1) is 7.29. The topological polar surface area (TPSA) is 28.2 Å². The van der Waals surface area contributed by atoms with E-state index >= 15 is 0 Å². The predicted molar refractivity (Wildman–Crippen MR) is 70.5 cm³/mol. The van der Waals surface area contributed by atoms with E-state index in [2.05, 4.69) is 28.2 Å². The van der Waals surface area contributed by atoms with E-state index in [1.54, 1.807) is 0 Å². The number of halogens is 1. The third kappa shape index (κ3) is 3.09. The molecule has 1 N–H and O–H groups in total. The molecule has 1 aromatic heterocycles. The molecule has 1 aliphatic rings. The van der Waals surface area contributed by atoms with E-state index in [0.29, 0.717) is 6.04 Å². The van der Waals surface area contributed by atoms with Gasteiger partial charge in [-0.25, -0.2) is 4.98 Å². The zero-order chi connectivity index (χ0) is 10.7. The SMILES string of the molecule is CNC1CCN(c2cc(C)ccn2)CC1.Cl. The molecule has 0 amide bonds. The fraction of sp³-hybridized carbons (Fsp3) is 0.583. The largest absolute Gasteiger partial charge is 0.356 e. The highest BCUT2D eigenvalue weighted by Crippen LogP contribution is 2.18. The van der Waals surface area contributed by atoms with Gasteiger partial charge in [-0.15, -0.1) is 12.4 Å². The van der Waals surface area contributed by atoms with Crippen LogP contribution in [0.1, 0.15) is 18.4 Å². The molecule has 1 aromatic rings. The molecule has 0 aromatic carbocycles. The van der Waals surface area contributed by atoms with Crippen molar-refractivity contribution in [2.75, 3.05) is 25.0 Å². The molecule has 0 bridgehead atoms. The number of anilines is 1. The maximum Gasteiger partial charge on any atom is 0.128 e. The minimum absolute atomic E-state index is 0. The summed E-state index contributed by atoms with van der Waals surface area (Å²) >= 11 is 0. The van der Waals surface area contributed by atoms with E-state index in [0.717, 1.165) is 18.9 Å². The number of nitrogens with one attached hydrogen (secondary N) is 1. The van der Waals surface area contributed by atoms with Crippen LogP contribution in [0.15, 0.2) is 18.3 Å². The molecular weight excluding hydrogens is 222 g/mol. The normalized spacial score (nSPS) is 17.0. The Morgan fingerprint density at radius 3 is 2.62 bits per heavy atom. The molecule has 1 aliphatic heterocycles. The molecule has 1 saturated heterocycles. The van der Waals surface area contributed by atoms with E-state index in [4.69, 9.17) is 0 Å². The minimum Gasteiger partial charge on any atom is -0.356 e. The number of aryl methyl sites for hydroxylation is 1. The average molecular weight is 242 g/mol. The van der Waals surface area contributed by atoms with Crippen LogP contribution in [0, 0.1) is 6.92 Å². The lowest BCUT2D eigenvalue weighted by atomic mass is 10.1. The number of nitrogens with zero attached hydrogens (tertiary/aromatic N) is 2. The summed E-state index contributed by atoms with van der Waals surface area (Å²) in [5, 5.41) is 3.34. The monoisotopic (exact) mass is 241 g/mol. The summed E-state index contributed by atoms with van der Waals surface area (Å²) in [6.07, 6.45) is 4.33. The Hall–Kier alpha value is -0.800. The molecule has 0 spiro atoms. The van der Waals surface area contributed by atoms with Gasteiger partial charge in [0.05, 0.1) is 0 Å². The summed E-state index contributed by atoms with van der Waals surface area (Å²) in [5.41, 5.74) is 1.29. The van der Waals surface area contributed by atoms with Crippen LogP contribution in [-0.2, 0) is 0 Å². The molecule has 3 nitrogen and oxygen atoms in total. The number of rotatable bonds is 2. The van der Waals surface area contributed by atoms with E-state index in [-0.39, 0.29) is 12.4 Å². The second kappa shape index (κ2) is 6.06. The van der Waals surface area contributed by atoms with Gasteiger partial charge in [0.1, 0.15) is 5.82 Å². The average Bonchev–Trinajstić information content (AvgIpc) is 2.29. The Bertz CT molecular complexity index is 322. The van der Waals surface area contributed by atoms with Crippen LogP contribution in [0.4, 0.5) is 5.82 Å². The van der Waals surface area contributed by atoms with E-state index < -0.39 is 0 Å². The zero-order valence-electron chi connectivity index (χ0n) is 9.94. The van der Waals surface area contributed by atoms with Gasteiger partial charge in [0.25, 0.3) is 0 Å². The second-order valence-electron chi connectivity index (χ2n) is 4.24. The van der Waals surface area contributed by atoms with Crippen LogP contribution in [0.25, 0.3) is 0 Å². The Morgan fingerprint density at radius 1 is 1.38 bits per heavy atom. The number of hydrogen-bond donors (Lipinski definition) is 1. The lowest BCUT2D eigenvalue weighted by Crippen LogP contribution is -2.41. The Labute approximate surface area is 104 Å². The fourth-order valence-electron chi connectivity index (χ4n) is 2.09. The Kier molecular flexibility index (Phi) is 5.03. The maximum absolute atomic E-state index is 4.42. The molecule has 0 saturated carbocycles. The molecule has 90 valence electrons. The third-order valence-corrected chi connectivity index (χ3v) is 3.13. The van der Waals surface area contributed by atoms with E-state index in [9.17, 15) is 0 Å². The van der Waals surface area contributed by atoms with Crippen molar-refractivity contribution in [3.8, 4) is 0 Å². The van der Waals surface area contributed by atoms with Gasteiger partial charge in [-0.2, -0.15) is 0 Å². The Morgan fingerprint density at radius 2 is 2.06 bits per heavy atom. The molecule has 0 aliphatic carbocycles. The first-order valence-corrected chi connectivity index (χ1v) is 5.64. The van der Waals surface area contributed by atoms with Crippen LogP contribution in [0.3, 0.4) is 0 Å². The molecule has 0 radical (unpaired) electrons. The highest BCUT2D eigenvalue weighted by molar-refractivity contribution is 5.85. The van der Waals surface area contributed by atoms with Crippen molar-refractivity contribution in [1.29, 1.82) is 0 Å². The second-order valence-corrected chi connectivity index (χ2v) is 4.24. The predicted octanol–water partition coefficient (Wildman–Crippen LogP) is 2.00. The van der Waals surface area contributed by atoms with Gasteiger partial charge in [-0.3, -0.25) is 0 Å². The minimum atomic E-state index is 0. The molecule has 4 heteroatoms. The van der Waals surface area contributed by atoms with Gasteiger partial charge in [0, 0.05) is 25.3 Å². The fourth-order valence-corrected chi connectivity index (χ4v) is 2.09. The quantitative estimate of drug-likeness (QED) is 0.859. The third-order valence-electron chi connectivity index (χ3n) is 3.13. The van der Waals surface area contributed by atoms with Crippen LogP contribution < -0.4 is 10.2 Å². The highest BCUT2D eigenvalue weighted by Gasteiger charge is 2.18. The van der Waals surface area contributed by atoms with Gasteiger partial charge in [0.2, 0.25) is 0 Å². The number of piperidine rings is 1. The lowest BCUT2D eigenvalue weighted by Gasteiger charge is -2.32. The summed E-state index contributed by atoms with van der Waals surface area (Å²) in [7, 11) is 2.05. The molecule has 0 unspecified atom stereocenters. The molecule has 2 heterocycles. The lowest BCUT2D eigenvalue weighted by molar-refractivity contribution is 0.441. The summed E-state index contributed by atoms with van der Waals surface area (Å²) in [6, 6.07) is 4.90. The smallest absolute Gasteiger partial charge is 0.128 e. The van der Waals surface area contributed by atoms with Crippen molar-refractivity contribution >= 4 is 18.2 Å². The molecule has 1 fully saturated rings. The molecule has 2 rings (SSSR count).